The van der Waals surface area contributed by atoms with Gasteiger partial charge in [0.25, 0.3) is 0 Å². The molecule has 0 aliphatic rings. The van der Waals surface area contributed by atoms with Crippen LogP contribution in [0.15, 0.2) is 24.3 Å². The van der Waals surface area contributed by atoms with Gasteiger partial charge >= 0.3 is 0 Å². The highest BCUT2D eigenvalue weighted by molar-refractivity contribution is 5.28. The Balaban J connectivity index is 2.17. The first-order valence-corrected chi connectivity index (χ1v) is 7.71. The van der Waals surface area contributed by atoms with Crippen molar-refractivity contribution in [1.29, 1.82) is 0 Å². The summed E-state index contributed by atoms with van der Waals surface area (Å²) in [4.78, 5) is 0. The average Bonchev–Trinajstić information content (AvgIpc) is 2.46. The van der Waals surface area contributed by atoms with Crippen molar-refractivity contribution in [3.05, 3.63) is 29.8 Å². The van der Waals surface area contributed by atoms with Crippen molar-refractivity contribution in [3.63, 3.8) is 0 Å². The standard InChI is InChI=1S/C17H29NO3/c1-15(2)13-18-14-16-6-4-7-17(12-16)21-9-5-8-20-11-10-19-3/h4,6-7,12,15,18H,5,8-11,13-14H2,1-3H3. The Morgan fingerprint density at radius 1 is 1.10 bits per heavy atom. The third-order valence-electron chi connectivity index (χ3n) is 2.91. The van der Waals surface area contributed by atoms with Crippen molar-refractivity contribution in [1.82, 2.24) is 5.32 Å². The monoisotopic (exact) mass is 295 g/mol. The fraction of sp³-hybridized carbons (Fsp3) is 0.647. The van der Waals surface area contributed by atoms with Crippen LogP contribution in [-0.4, -0.2) is 40.1 Å². The summed E-state index contributed by atoms with van der Waals surface area (Å²) in [5.74, 6) is 1.60. The molecule has 1 N–H and O–H groups in total. The highest BCUT2D eigenvalue weighted by Crippen LogP contribution is 2.13. The molecule has 21 heavy (non-hydrogen) atoms. The molecule has 0 saturated carbocycles. The quantitative estimate of drug-likeness (QED) is 0.602. The highest BCUT2D eigenvalue weighted by atomic mass is 16.5. The van der Waals surface area contributed by atoms with Crippen LogP contribution in [0.1, 0.15) is 25.8 Å². The van der Waals surface area contributed by atoms with Crippen molar-refractivity contribution >= 4 is 0 Å². The van der Waals surface area contributed by atoms with Crippen LogP contribution in [-0.2, 0) is 16.0 Å². The lowest BCUT2D eigenvalue weighted by atomic mass is 10.2. The first-order chi connectivity index (χ1) is 10.2. The van der Waals surface area contributed by atoms with Crippen LogP contribution in [0.25, 0.3) is 0 Å². The van der Waals surface area contributed by atoms with Gasteiger partial charge in [0.1, 0.15) is 5.75 Å². The molecule has 0 unspecified atom stereocenters. The second kappa shape index (κ2) is 11.5. The molecule has 0 aromatic heterocycles. The lowest BCUT2D eigenvalue weighted by molar-refractivity contribution is 0.0644. The van der Waals surface area contributed by atoms with Crippen molar-refractivity contribution < 1.29 is 14.2 Å². The Morgan fingerprint density at radius 3 is 2.71 bits per heavy atom. The molecule has 0 saturated heterocycles. The largest absolute Gasteiger partial charge is 0.493 e. The molecule has 4 heteroatoms. The van der Waals surface area contributed by atoms with Crippen LogP contribution in [0.5, 0.6) is 5.75 Å². The number of benzene rings is 1. The lowest BCUT2D eigenvalue weighted by Crippen LogP contribution is -2.18. The molecule has 0 amide bonds. The predicted molar refractivity (Wildman–Crippen MR) is 85.8 cm³/mol. The van der Waals surface area contributed by atoms with Crippen LogP contribution >= 0.6 is 0 Å². The summed E-state index contributed by atoms with van der Waals surface area (Å²) in [5.41, 5.74) is 1.25. The van der Waals surface area contributed by atoms with Crippen LogP contribution in [0.4, 0.5) is 0 Å². The molecule has 4 nitrogen and oxygen atoms in total. The molecular weight excluding hydrogens is 266 g/mol. The Hall–Kier alpha value is -1.10. The van der Waals surface area contributed by atoms with E-state index in [-0.39, 0.29) is 0 Å². The maximum atomic E-state index is 5.74. The van der Waals surface area contributed by atoms with E-state index in [1.54, 1.807) is 7.11 Å². The Labute approximate surface area is 128 Å². The van der Waals surface area contributed by atoms with Crippen LogP contribution < -0.4 is 10.1 Å². The van der Waals surface area contributed by atoms with Gasteiger partial charge in [-0.1, -0.05) is 26.0 Å². The second-order valence-electron chi connectivity index (χ2n) is 5.48. The minimum Gasteiger partial charge on any atom is -0.493 e. The Morgan fingerprint density at radius 2 is 1.95 bits per heavy atom. The minimum atomic E-state index is 0.645. The summed E-state index contributed by atoms with van der Waals surface area (Å²) >= 11 is 0. The zero-order valence-electron chi connectivity index (χ0n) is 13.6. The van der Waals surface area contributed by atoms with Gasteiger partial charge in [0.05, 0.1) is 19.8 Å². The van der Waals surface area contributed by atoms with E-state index in [9.17, 15) is 0 Å². The van der Waals surface area contributed by atoms with Gasteiger partial charge in [0.2, 0.25) is 0 Å². The normalized spacial score (nSPS) is 11.0. The summed E-state index contributed by atoms with van der Waals surface area (Å²) in [7, 11) is 1.68. The fourth-order valence-corrected chi connectivity index (χ4v) is 1.85. The van der Waals surface area contributed by atoms with Gasteiger partial charge in [-0.3, -0.25) is 0 Å². The maximum Gasteiger partial charge on any atom is 0.119 e. The number of methoxy groups -OCH3 is 1. The molecule has 0 bridgehead atoms. The first-order valence-electron chi connectivity index (χ1n) is 7.71. The summed E-state index contributed by atoms with van der Waals surface area (Å²) in [6, 6.07) is 8.25. The van der Waals surface area contributed by atoms with Crippen LogP contribution in [0.2, 0.25) is 0 Å². The molecule has 1 rings (SSSR count). The second-order valence-corrected chi connectivity index (χ2v) is 5.48. The zero-order chi connectivity index (χ0) is 15.3. The van der Waals surface area contributed by atoms with Crippen molar-refractivity contribution in [2.24, 2.45) is 5.92 Å². The molecule has 120 valence electrons. The summed E-state index contributed by atoms with van der Waals surface area (Å²) < 4.78 is 16.1. The number of hydrogen-bond donors (Lipinski definition) is 1. The maximum absolute atomic E-state index is 5.74. The molecule has 0 spiro atoms. The van der Waals surface area contributed by atoms with E-state index >= 15 is 0 Å². The van der Waals surface area contributed by atoms with Crippen molar-refractivity contribution in [3.8, 4) is 5.75 Å². The lowest BCUT2D eigenvalue weighted by Gasteiger charge is -2.10. The van der Waals surface area contributed by atoms with Crippen molar-refractivity contribution in [2.75, 3.05) is 40.1 Å². The van der Waals surface area contributed by atoms with E-state index in [2.05, 4.69) is 31.3 Å². The molecule has 1 aromatic rings. The van der Waals surface area contributed by atoms with Crippen molar-refractivity contribution in [2.45, 2.75) is 26.8 Å². The Bertz CT molecular complexity index is 369. The van der Waals surface area contributed by atoms with Gasteiger partial charge in [-0.05, 0) is 30.2 Å². The van der Waals surface area contributed by atoms with E-state index in [1.165, 1.54) is 5.56 Å². The molecule has 0 heterocycles. The summed E-state index contributed by atoms with van der Waals surface area (Å²) in [6.07, 6.45) is 0.888. The Kier molecular flexibility index (Phi) is 9.87. The van der Waals surface area contributed by atoms with Gasteiger partial charge in [-0.15, -0.1) is 0 Å². The predicted octanol–water partition coefficient (Wildman–Crippen LogP) is 2.86. The number of rotatable bonds is 12. The molecule has 0 atom stereocenters. The number of nitrogens with one attached hydrogen (secondary N) is 1. The van der Waals surface area contributed by atoms with E-state index in [0.717, 1.165) is 25.3 Å². The van der Waals surface area contributed by atoms with Crippen LogP contribution in [0, 0.1) is 5.92 Å². The van der Waals surface area contributed by atoms with Gasteiger partial charge in [0, 0.05) is 26.7 Å². The SMILES string of the molecule is COCCOCCCOc1cccc(CNCC(C)C)c1. The van der Waals surface area contributed by atoms with E-state index in [0.29, 0.717) is 32.3 Å². The van der Waals surface area contributed by atoms with E-state index in [4.69, 9.17) is 14.2 Å². The first kappa shape index (κ1) is 18.0. The van der Waals surface area contributed by atoms with Crippen LogP contribution in [0.3, 0.4) is 0 Å². The topological polar surface area (TPSA) is 39.7 Å². The molecular formula is C17H29NO3. The highest BCUT2D eigenvalue weighted by Gasteiger charge is 1.99. The smallest absolute Gasteiger partial charge is 0.119 e. The number of hydrogen-bond acceptors (Lipinski definition) is 4. The third-order valence-corrected chi connectivity index (χ3v) is 2.91. The average molecular weight is 295 g/mol. The zero-order valence-corrected chi connectivity index (χ0v) is 13.6. The molecule has 0 fully saturated rings. The summed E-state index contributed by atoms with van der Waals surface area (Å²) in [5, 5.41) is 3.44. The molecule has 0 radical (unpaired) electrons. The van der Waals surface area contributed by atoms with E-state index < -0.39 is 0 Å². The van der Waals surface area contributed by atoms with Gasteiger partial charge in [-0.2, -0.15) is 0 Å². The van der Waals surface area contributed by atoms with Gasteiger partial charge in [-0.25, -0.2) is 0 Å². The minimum absolute atomic E-state index is 0.645. The molecule has 1 aromatic carbocycles. The summed E-state index contributed by atoms with van der Waals surface area (Å²) in [6.45, 7) is 9.01. The fourth-order valence-electron chi connectivity index (χ4n) is 1.85. The van der Waals surface area contributed by atoms with Gasteiger partial charge < -0.3 is 19.5 Å². The molecule has 0 aliphatic heterocycles. The van der Waals surface area contributed by atoms with Gasteiger partial charge in [0.15, 0.2) is 0 Å². The third kappa shape index (κ3) is 9.45. The number of ether oxygens (including phenoxy) is 3. The van der Waals surface area contributed by atoms with E-state index in [1.807, 2.05) is 12.1 Å². The molecule has 0 aliphatic carbocycles.